The SMILES string of the molecule is CC(NCC1Cc2ccccc2O1)c1cccnc1. The highest BCUT2D eigenvalue weighted by Gasteiger charge is 2.22. The van der Waals surface area contributed by atoms with E-state index in [1.807, 2.05) is 24.4 Å². The van der Waals surface area contributed by atoms with Gasteiger partial charge < -0.3 is 10.1 Å². The first-order valence-corrected chi connectivity index (χ1v) is 6.71. The molecule has 0 aliphatic carbocycles. The molecule has 3 rings (SSSR count). The Morgan fingerprint density at radius 1 is 1.32 bits per heavy atom. The lowest BCUT2D eigenvalue weighted by Crippen LogP contribution is -2.31. The quantitative estimate of drug-likeness (QED) is 0.911. The van der Waals surface area contributed by atoms with Gasteiger partial charge in [-0.25, -0.2) is 0 Å². The molecule has 98 valence electrons. The van der Waals surface area contributed by atoms with E-state index in [0.29, 0.717) is 6.04 Å². The molecule has 2 atom stereocenters. The van der Waals surface area contributed by atoms with Crippen LogP contribution in [0.3, 0.4) is 0 Å². The van der Waals surface area contributed by atoms with Gasteiger partial charge in [-0.1, -0.05) is 24.3 Å². The molecule has 3 heteroatoms. The van der Waals surface area contributed by atoms with Crippen molar-refractivity contribution in [1.29, 1.82) is 0 Å². The lowest BCUT2D eigenvalue weighted by atomic mass is 10.1. The zero-order valence-corrected chi connectivity index (χ0v) is 11.0. The zero-order valence-electron chi connectivity index (χ0n) is 11.0. The minimum absolute atomic E-state index is 0.233. The Hall–Kier alpha value is -1.87. The molecule has 0 saturated heterocycles. The number of hydrogen-bond donors (Lipinski definition) is 1. The molecule has 19 heavy (non-hydrogen) atoms. The maximum absolute atomic E-state index is 5.92. The van der Waals surface area contributed by atoms with Crippen LogP contribution in [0.25, 0.3) is 0 Å². The number of benzene rings is 1. The van der Waals surface area contributed by atoms with Gasteiger partial charge in [0, 0.05) is 31.4 Å². The molecule has 0 radical (unpaired) electrons. The summed E-state index contributed by atoms with van der Waals surface area (Å²) in [5.41, 5.74) is 2.52. The molecule has 3 nitrogen and oxygen atoms in total. The molecule has 0 bridgehead atoms. The van der Waals surface area contributed by atoms with Gasteiger partial charge in [-0.2, -0.15) is 0 Å². The van der Waals surface area contributed by atoms with Gasteiger partial charge in [0.15, 0.2) is 0 Å². The van der Waals surface area contributed by atoms with Gasteiger partial charge in [-0.3, -0.25) is 4.98 Å². The molecule has 2 aromatic rings. The molecule has 2 heterocycles. The monoisotopic (exact) mass is 254 g/mol. The number of fused-ring (bicyclic) bond motifs is 1. The zero-order chi connectivity index (χ0) is 13.1. The van der Waals surface area contributed by atoms with Gasteiger partial charge in [-0.15, -0.1) is 0 Å². The summed E-state index contributed by atoms with van der Waals surface area (Å²) in [4.78, 5) is 4.15. The van der Waals surface area contributed by atoms with Crippen molar-refractivity contribution in [1.82, 2.24) is 10.3 Å². The summed E-state index contributed by atoms with van der Waals surface area (Å²) in [7, 11) is 0. The van der Waals surface area contributed by atoms with Crippen molar-refractivity contribution in [2.45, 2.75) is 25.5 Å². The van der Waals surface area contributed by atoms with E-state index in [1.54, 1.807) is 6.20 Å². The number of nitrogens with one attached hydrogen (secondary N) is 1. The van der Waals surface area contributed by atoms with Crippen molar-refractivity contribution < 1.29 is 4.74 Å². The first-order valence-electron chi connectivity index (χ1n) is 6.71. The lowest BCUT2D eigenvalue weighted by Gasteiger charge is -2.17. The van der Waals surface area contributed by atoms with Crippen LogP contribution >= 0.6 is 0 Å². The third-order valence-electron chi connectivity index (χ3n) is 3.55. The molecule has 0 fully saturated rings. The molecule has 0 spiro atoms. The van der Waals surface area contributed by atoms with E-state index in [4.69, 9.17) is 4.74 Å². The van der Waals surface area contributed by atoms with Crippen LogP contribution in [0.15, 0.2) is 48.8 Å². The summed E-state index contributed by atoms with van der Waals surface area (Å²) in [6.45, 7) is 3.00. The Balaban J connectivity index is 1.55. The summed E-state index contributed by atoms with van der Waals surface area (Å²) in [5.74, 6) is 1.03. The van der Waals surface area contributed by atoms with Crippen LogP contribution in [0.4, 0.5) is 0 Å². The van der Waals surface area contributed by atoms with Crippen LogP contribution in [-0.4, -0.2) is 17.6 Å². The molecule has 1 aliphatic heterocycles. The summed E-state index contributed by atoms with van der Waals surface area (Å²) in [5, 5.41) is 3.51. The number of aromatic nitrogens is 1. The average Bonchev–Trinajstić information content (AvgIpc) is 2.88. The molecule has 2 unspecified atom stereocenters. The second kappa shape index (κ2) is 5.41. The van der Waals surface area contributed by atoms with Crippen LogP contribution in [0.1, 0.15) is 24.1 Å². The van der Waals surface area contributed by atoms with Gasteiger partial charge in [0.2, 0.25) is 0 Å². The van der Waals surface area contributed by atoms with Crippen LogP contribution < -0.4 is 10.1 Å². The predicted octanol–water partition coefficient (Wildman–Crippen LogP) is 2.74. The van der Waals surface area contributed by atoms with E-state index in [9.17, 15) is 0 Å². The highest BCUT2D eigenvalue weighted by molar-refractivity contribution is 5.37. The molecule has 1 aromatic carbocycles. The van der Waals surface area contributed by atoms with Crippen LogP contribution in [-0.2, 0) is 6.42 Å². The highest BCUT2D eigenvalue weighted by Crippen LogP contribution is 2.28. The van der Waals surface area contributed by atoms with Crippen molar-refractivity contribution in [3.8, 4) is 5.75 Å². The lowest BCUT2D eigenvalue weighted by molar-refractivity contribution is 0.222. The average molecular weight is 254 g/mol. The van der Waals surface area contributed by atoms with E-state index in [0.717, 1.165) is 18.7 Å². The fourth-order valence-corrected chi connectivity index (χ4v) is 2.43. The molecule has 0 saturated carbocycles. The molecule has 0 amide bonds. The number of ether oxygens (including phenoxy) is 1. The van der Waals surface area contributed by atoms with Crippen LogP contribution in [0.2, 0.25) is 0 Å². The second-order valence-electron chi connectivity index (χ2n) is 4.97. The van der Waals surface area contributed by atoms with E-state index in [1.165, 1.54) is 11.1 Å². The number of rotatable bonds is 4. The summed E-state index contributed by atoms with van der Waals surface area (Å²) >= 11 is 0. The van der Waals surface area contributed by atoms with Gasteiger partial charge in [0.25, 0.3) is 0 Å². The molecular weight excluding hydrogens is 236 g/mol. The maximum atomic E-state index is 5.92. The largest absolute Gasteiger partial charge is 0.488 e. The van der Waals surface area contributed by atoms with Gasteiger partial charge in [0.1, 0.15) is 11.9 Å². The summed E-state index contributed by atoms with van der Waals surface area (Å²) in [6, 6.07) is 12.6. The standard InChI is InChI=1S/C16H18N2O/c1-12(14-6-4-8-17-10-14)18-11-15-9-13-5-2-3-7-16(13)19-15/h2-8,10,12,15,18H,9,11H2,1H3. The Morgan fingerprint density at radius 2 is 2.21 bits per heavy atom. The topological polar surface area (TPSA) is 34.1 Å². The molecule has 1 N–H and O–H groups in total. The van der Waals surface area contributed by atoms with Crippen molar-refractivity contribution in [2.75, 3.05) is 6.54 Å². The number of para-hydroxylation sites is 1. The van der Waals surface area contributed by atoms with Crippen molar-refractivity contribution >= 4 is 0 Å². The predicted molar refractivity (Wildman–Crippen MR) is 75.2 cm³/mol. The van der Waals surface area contributed by atoms with Gasteiger partial charge >= 0.3 is 0 Å². The second-order valence-corrected chi connectivity index (χ2v) is 4.97. The smallest absolute Gasteiger partial charge is 0.123 e. The molecular formula is C16H18N2O. The Bertz CT molecular complexity index is 516. The first kappa shape index (κ1) is 12.2. The van der Waals surface area contributed by atoms with E-state index in [-0.39, 0.29) is 6.10 Å². The number of hydrogen-bond acceptors (Lipinski definition) is 3. The maximum Gasteiger partial charge on any atom is 0.123 e. The number of nitrogens with zero attached hydrogens (tertiary/aromatic N) is 1. The number of pyridine rings is 1. The van der Waals surface area contributed by atoms with E-state index >= 15 is 0 Å². The third-order valence-corrected chi connectivity index (χ3v) is 3.55. The Morgan fingerprint density at radius 3 is 3.00 bits per heavy atom. The highest BCUT2D eigenvalue weighted by atomic mass is 16.5. The Labute approximate surface area is 113 Å². The molecule has 1 aliphatic rings. The van der Waals surface area contributed by atoms with Gasteiger partial charge in [-0.05, 0) is 30.2 Å². The molecule has 1 aromatic heterocycles. The van der Waals surface area contributed by atoms with Crippen molar-refractivity contribution in [3.63, 3.8) is 0 Å². The van der Waals surface area contributed by atoms with E-state index < -0.39 is 0 Å². The fourth-order valence-electron chi connectivity index (χ4n) is 2.43. The normalized spacial score (nSPS) is 18.7. The van der Waals surface area contributed by atoms with Crippen LogP contribution in [0, 0.1) is 0 Å². The fraction of sp³-hybridized carbons (Fsp3) is 0.312. The van der Waals surface area contributed by atoms with Crippen molar-refractivity contribution in [2.24, 2.45) is 0 Å². The first-order chi connectivity index (χ1) is 9.33. The summed E-state index contributed by atoms with van der Waals surface area (Å²) in [6.07, 6.45) is 4.93. The minimum Gasteiger partial charge on any atom is -0.488 e. The minimum atomic E-state index is 0.233. The van der Waals surface area contributed by atoms with Gasteiger partial charge in [0.05, 0.1) is 0 Å². The summed E-state index contributed by atoms with van der Waals surface area (Å²) < 4.78 is 5.92. The van der Waals surface area contributed by atoms with Crippen molar-refractivity contribution in [3.05, 3.63) is 59.9 Å². The van der Waals surface area contributed by atoms with E-state index in [2.05, 4.69) is 35.4 Å². The Kier molecular flexibility index (Phi) is 3.47. The third kappa shape index (κ3) is 2.76. The van der Waals surface area contributed by atoms with Crippen LogP contribution in [0.5, 0.6) is 5.75 Å².